The standard InChI is InChI=1S/C17H17NO2/c1-12-7-5-6-10-14(12)17-18-15(11-20-17)16(19)13-8-3-2-4-9-13/h2-10,15-16,19H,11H2,1H3/t15-,16-/m0/s1. The van der Waals surface area contributed by atoms with E-state index < -0.39 is 6.10 Å². The van der Waals surface area contributed by atoms with Crippen LogP contribution in [0.4, 0.5) is 0 Å². The summed E-state index contributed by atoms with van der Waals surface area (Å²) < 4.78 is 5.67. The van der Waals surface area contributed by atoms with Gasteiger partial charge in [-0.05, 0) is 24.1 Å². The molecule has 0 saturated heterocycles. The molecule has 0 radical (unpaired) electrons. The Kier molecular flexibility index (Phi) is 3.52. The van der Waals surface area contributed by atoms with Crippen LogP contribution < -0.4 is 0 Å². The van der Waals surface area contributed by atoms with Crippen molar-refractivity contribution < 1.29 is 9.84 Å². The first kappa shape index (κ1) is 12.9. The van der Waals surface area contributed by atoms with Gasteiger partial charge in [-0.1, -0.05) is 48.5 Å². The van der Waals surface area contributed by atoms with Crippen molar-refractivity contribution in [3.8, 4) is 0 Å². The molecule has 0 aromatic heterocycles. The van der Waals surface area contributed by atoms with Gasteiger partial charge >= 0.3 is 0 Å². The number of hydrogen-bond donors (Lipinski definition) is 1. The van der Waals surface area contributed by atoms with Crippen LogP contribution in [0.2, 0.25) is 0 Å². The monoisotopic (exact) mass is 267 g/mol. The molecule has 1 aliphatic heterocycles. The van der Waals surface area contributed by atoms with Gasteiger partial charge in [0.25, 0.3) is 0 Å². The van der Waals surface area contributed by atoms with E-state index in [9.17, 15) is 5.11 Å². The zero-order valence-electron chi connectivity index (χ0n) is 11.4. The van der Waals surface area contributed by atoms with Gasteiger partial charge in [-0.15, -0.1) is 0 Å². The number of hydrogen-bond acceptors (Lipinski definition) is 3. The van der Waals surface area contributed by atoms with Gasteiger partial charge in [-0.25, -0.2) is 4.99 Å². The van der Waals surface area contributed by atoms with Crippen molar-refractivity contribution in [3.63, 3.8) is 0 Å². The molecule has 0 amide bonds. The molecule has 3 nitrogen and oxygen atoms in total. The quantitative estimate of drug-likeness (QED) is 0.929. The highest BCUT2D eigenvalue weighted by Gasteiger charge is 2.28. The average molecular weight is 267 g/mol. The summed E-state index contributed by atoms with van der Waals surface area (Å²) in [7, 11) is 0. The van der Waals surface area contributed by atoms with Crippen molar-refractivity contribution >= 4 is 5.90 Å². The van der Waals surface area contributed by atoms with E-state index in [0.717, 1.165) is 16.7 Å². The molecule has 1 N–H and O–H groups in total. The molecule has 20 heavy (non-hydrogen) atoms. The molecule has 2 aromatic rings. The third-order valence-electron chi connectivity index (χ3n) is 3.55. The third kappa shape index (κ3) is 2.45. The van der Waals surface area contributed by atoms with Crippen LogP contribution in [-0.2, 0) is 4.74 Å². The molecule has 0 bridgehead atoms. The van der Waals surface area contributed by atoms with E-state index in [0.29, 0.717) is 12.5 Å². The molecule has 1 aliphatic rings. The van der Waals surface area contributed by atoms with Crippen LogP contribution in [0, 0.1) is 6.92 Å². The molecular weight excluding hydrogens is 250 g/mol. The smallest absolute Gasteiger partial charge is 0.216 e. The van der Waals surface area contributed by atoms with Crippen LogP contribution in [0.25, 0.3) is 0 Å². The normalized spacial score (nSPS) is 19.3. The summed E-state index contributed by atoms with van der Waals surface area (Å²) in [5, 5.41) is 10.4. The summed E-state index contributed by atoms with van der Waals surface area (Å²) in [5.74, 6) is 0.628. The number of aliphatic imine (C=N–C) groups is 1. The Morgan fingerprint density at radius 1 is 1.10 bits per heavy atom. The first-order valence-electron chi connectivity index (χ1n) is 6.75. The Balaban J connectivity index is 1.83. The Morgan fingerprint density at radius 3 is 2.55 bits per heavy atom. The van der Waals surface area contributed by atoms with Crippen LogP contribution in [0.15, 0.2) is 59.6 Å². The van der Waals surface area contributed by atoms with Gasteiger partial charge in [0, 0.05) is 5.56 Å². The molecule has 0 fully saturated rings. The second kappa shape index (κ2) is 5.47. The van der Waals surface area contributed by atoms with Crippen molar-refractivity contribution in [2.45, 2.75) is 19.1 Å². The molecule has 3 rings (SSSR count). The Morgan fingerprint density at radius 2 is 1.80 bits per heavy atom. The minimum Gasteiger partial charge on any atom is -0.475 e. The second-order valence-electron chi connectivity index (χ2n) is 4.98. The van der Waals surface area contributed by atoms with Crippen LogP contribution in [-0.4, -0.2) is 23.7 Å². The van der Waals surface area contributed by atoms with Crippen molar-refractivity contribution in [2.75, 3.05) is 6.61 Å². The fraction of sp³-hybridized carbons (Fsp3) is 0.235. The maximum atomic E-state index is 10.4. The number of aryl methyl sites for hydroxylation is 1. The number of benzene rings is 2. The maximum Gasteiger partial charge on any atom is 0.216 e. The molecule has 0 unspecified atom stereocenters. The zero-order valence-corrected chi connectivity index (χ0v) is 11.4. The van der Waals surface area contributed by atoms with Crippen molar-refractivity contribution in [2.24, 2.45) is 4.99 Å². The highest BCUT2D eigenvalue weighted by molar-refractivity contribution is 5.96. The molecular formula is C17H17NO2. The number of rotatable bonds is 3. The molecule has 3 heteroatoms. The molecule has 0 saturated carbocycles. The SMILES string of the molecule is Cc1ccccc1C1=N[C@H]([C@@H](O)c2ccccc2)CO1. The molecule has 0 spiro atoms. The average Bonchev–Trinajstić information content (AvgIpc) is 2.97. The van der Waals surface area contributed by atoms with Crippen molar-refractivity contribution in [1.29, 1.82) is 0 Å². The van der Waals surface area contributed by atoms with Crippen LogP contribution >= 0.6 is 0 Å². The first-order chi connectivity index (χ1) is 9.75. The van der Waals surface area contributed by atoms with E-state index in [1.165, 1.54) is 0 Å². The summed E-state index contributed by atoms with van der Waals surface area (Å²) in [6.45, 7) is 2.45. The lowest BCUT2D eigenvalue weighted by Crippen LogP contribution is -2.17. The zero-order chi connectivity index (χ0) is 13.9. The molecule has 2 atom stereocenters. The second-order valence-corrected chi connectivity index (χ2v) is 4.98. The fourth-order valence-electron chi connectivity index (χ4n) is 2.38. The van der Waals surface area contributed by atoms with Gasteiger partial charge in [0.1, 0.15) is 18.8 Å². The summed E-state index contributed by atoms with van der Waals surface area (Å²) >= 11 is 0. The van der Waals surface area contributed by atoms with Crippen molar-refractivity contribution in [1.82, 2.24) is 0 Å². The highest BCUT2D eigenvalue weighted by Crippen LogP contribution is 2.25. The molecule has 2 aromatic carbocycles. The summed E-state index contributed by atoms with van der Waals surface area (Å²) in [5.41, 5.74) is 2.99. The fourth-order valence-corrected chi connectivity index (χ4v) is 2.38. The van der Waals surface area contributed by atoms with Gasteiger partial charge in [0.15, 0.2) is 0 Å². The minimum absolute atomic E-state index is 0.244. The van der Waals surface area contributed by atoms with Gasteiger partial charge in [0.05, 0.1) is 0 Å². The molecule has 102 valence electrons. The number of aliphatic hydroxyl groups excluding tert-OH is 1. The van der Waals surface area contributed by atoms with E-state index in [4.69, 9.17) is 4.74 Å². The van der Waals surface area contributed by atoms with E-state index in [1.807, 2.05) is 61.5 Å². The largest absolute Gasteiger partial charge is 0.475 e. The van der Waals surface area contributed by atoms with Crippen LogP contribution in [0.3, 0.4) is 0 Å². The first-order valence-corrected chi connectivity index (χ1v) is 6.75. The molecule has 0 aliphatic carbocycles. The predicted octanol–water partition coefficient (Wildman–Crippen LogP) is 2.87. The summed E-state index contributed by atoms with van der Waals surface area (Å²) in [6, 6.07) is 17.3. The Labute approximate surface area is 118 Å². The number of nitrogens with zero attached hydrogens (tertiary/aromatic N) is 1. The maximum absolute atomic E-state index is 10.4. The topological polar surface area (TPSA) is 41.8 Å². The minimum atomic E-state index is -0.627. The van der Waals surface area contributed by atoms with E-state index >= 15 is 0 Å². The summed E-state index contributed by atoms with van der Waals surface area (Å²) in [4.78, 5) is 4.54. The van der Waals surface area contributed by atoms with Gasteiger partial charge < -0.3 is 9.84 Å². The third-order valence-corrected chi connectivity index (χ3v) is 3.55. The van der Waals surface area contributed by atoms with E-state index in [-0.39, 0.29) is 6.04 Å². The van der Waals surface area contributed by atoms with Gasteiger partial charge in [0.2, 0.25) is 5.90 Å². The number of ether oxygens (including phenoxy) is 1. The van der Waals surface area contributed by atoms with Crippen LogP contribution in [0.5, 0.6) is 0 Å². The van der Waals surface area contributed by atoms with Crippen LogP contribution in [0.1, 0.15) is 22.8 Å². The van der Waals surface area contributed by atoms with Crippen molar-refractivity contribution in [3.05, 3.63) is 71.3 Å². The van der Waals surface area contributed by atoms with E-state index in [2.05, 4.69) is 4.99 Å². The van der Waals surface area contributed by atoms with E-state index in [1.54, 1.807) is 0 Å². The summed E-state index contributed by atoms with van der Waals surface area (Å²) in [6.07, 6.45) is -0.627. The molecule has 1 heterocycles. The van der Waals surface area contributed by atoms with Gasteiger partial charge in [-0.2, -0.15) is 0 Å². The lowest BCUT2D eigenvalue weighted by Gasteiger charge is -2.13. The number of aliphatic hydroxyl groups is 1. The predicted molar refractivity (Wildman–Crippen MR) is 78.9 cm³/mol. The van der Waals surface area contributed by atoms with Gasteiger partial charge in [-0.3, -0.25) is 0 Å². The lowest BCUT2D eigenvalue weighted by molar-refractivity contribution is 0.130. The Bertz CT molecular complexity index is 622. The highest BCUT2D eigenvalue weighted by atomic mass is 16.5. The Hall–Kier alpha value is -2.13. The lowest BCUT2D eigenvalue weighted by atomic mass is 10.0.